The van der Waals surface area contributed by atoms with Gasteiger partial charge in [0.25, 0.3) is 0 Å². The Kier molecular flexibility index (Phi) is 5.42. The quantitative estimate of drug-likeness (QED) is 0.740. The predicted molar refractivity (Wildman–Crippen MR) is 73.4 cm³/mol. The molecule has 0 aromatic rings. The third-order valence-electron chi connectivity index (χ3n) is 4.41. The van der Waals surface area contributed by atoms with Gasteiger partial charge in [-0.2, -0.15) is 0 Å². The van der Waals surface area contributed by atoms with E-state index in [1.54, 1.807) is 0 Å². The number of hydrogen-bond acceptors (Lipinski definition) is 3. The molecule has 1 aliphatic heterocycles. The van der Waals surface area contributed by atoms with Crippen LogP contribution in [0.2, 0.25) is 0 Å². The zero-order valence-corrected chi connectivity index (χ0v) is 12.3. The standard InChI is InChI=1S/C14H30N2O/c1-6-13(3,4)16(5)11-14(10-15-7-2)8-9-17-12-14/h15H,6-12H2,1-5H3. The molecule has 1 aliphatic rings. The second kappa shape index (κ2) is 6.17. The first-order valence-corrected chi connectivity index (χ1v) is 6.95. The Hall–Kier alpha value is -0.120. The summed E-state index contributed by atoms with van der Waals surface area (Å²) < 4.78 is 5.64. The van der Waals surface area contributed by atoms with E-state index >= 15 is 0 Å². The Morgan fingerprint density at radius 1 is 1.35 bits per heavy atom. The van der Waals surface area contributed by atoms with E-state index in [4.69, 9.17) is 4.74 Å². The van der Waals surface area contributed by atoms with E-state index in [1.165, 1.54) is 12.8 Å². The van der Waals surface area contributed by atoms with Gasteiger partial charge in [0.05, 0.1) is 6.61 Å². The Bertz CT molecular complexity index is 222. The summed E-state index contributed by atoms with van der Waals surface area (Å²) in [5.41, 5.74) is 0.596. The number of rotatable bonds is 7. The van der Waals surface area contributed by atoms with E-state index in [2.05, 4.69) is 45.0 Å². The summed E-state index contributed by atoms with van der Waals surface area (Å²) in [4.78, 5) is 2.50. The molecule has 17 heavy (non-hydrogen) atoms. The molecule has 1 fully saturated rings. The molecule has 0 radical (unpaired) electrons. The Labute approximate surface area is 107 Å². The maximum atomic E-state index is 5.64. The zero-order chi connectivity index (χ0) is 12.9. The first kappa shape index (κ1) is 14.9. The fraction of sp³-hybridized carbons (Fsp3) is 1.00. The monoisotopic (exact) mass is 242 g/mol. The molecule has 0 aliphatic carbocycles. The lowest BCUT2D eigenvalue weighted by Crippen LogP contribution is -2.50. The molecule has 1 atom stereocenters. The van der Waals surface area contributed by atoms with Gasteiger partial charge >= 0.3 is 0 Å². The van der Waals surface area contributed by atoms with Gasteiger partial charge in [-0.1, -0.05) is 13.8 Å². The molecule has 102 valence electrons. The minimum Gasteiger partial charge on any atom is -0.381 e. The summed E-state index contributed by atoms with van der Waals surface area (Å²) in [6.45, 7) is 14.2. The van der Waals surface area contributed by atoms with Gasteiger partial charge in [-0.25, -0.2) is 0 Å². The van der Waals surface area contributed by atoms with Crippen molar-refractivity contribution in [1.82, 2.24) is 10.2 Å². The predicted octanol–water partition coefficient (Wildman–Crippen LogP) is 2.12. The van der Waals surface area contributed by atoms with Crippen LogP contribution in [0.25, 0.3) is 0 Å². The summed E-state index contributed by atoms with van der Waals surface area (Å²) in [7, 11) is 2.25. The van der Waals surface area contributed by atoms with Crippen molar-refractivity contribution in [2.75, 3.05) is 39.9 Å². The van der Waals surface area contributed by atoms with Crippen LogP contribution in [0.5, 0.6) is 0 Å². The van der Waals surface area contributed by atoms with Crippen LogP contribution in [0.4, 0.5) is 0 Å². The molecule has 3 nitrogen and oxygen atoms in total. The average Bonchev–Trinajstić information content (AvgIpc) is 2.75. The first-order chi connectivity index (χ1) is 7.96. The second-order valence-electron chi connectivity index (χ2n) is 6.10. The van der Waals surface area contributed by atoms with E-state index in [0.29, 0.717) is 5.41 Å². The van der Waals surface area contributed by atoms with Crippen molar-refractivity contribution in [3.63, 3.8) is 0 Å². The summed E-state index contributed by atoms with van der Waals surface area (Å²) in [6.07, 6.45) is 2.37. The third-order valence-corrected chi connectivity index (χ3v) is 4.41. The number of ether oxygens (including phenoxy) is 1. The van der Waals surface area contributed by atoms with Gasteiger partial charge in [-0.15, -0.1) is 0 Å². The molecule has 0 amide bonds. The molecule has 0 bridgehead atoms. The Balaban J connectivity index is 2.60. The highest BCUT2D eigenvalue weighted by atomic mass is 16.5. The topological polar surface area (TPSA) is 24.5 Å². The van der Waals surface area contributed by atoms with Gasteiger partial charge in [0.1, 0.15) is 0 Å². The normalized spacial score (nSPS) is 25.8. The zero-order valence-electron chi connectivity index (χ0n) is 12.3. The summed E-state index contributed by atoms with van der Waals surface area (Å²) in [6, 6.07) is 0. The van der Waals surface area contributed by atoms with Crippen LogP contribution in [0, 0.1) is 5.41 Å². The molecule has 1 N–H and O–H groups in total. The van der Waals surface area contributed by atoms with Crippen LogP contribution in [0.1, 0.15) is 40.5 Å². The molecule has 1 rings (SSSR count). The van der Waals surface area contributed by atoms with Crippen LogP contribution in [0.15, 0.2) is 0 Å². The minimum atomic E-state index is 0.280. The fourth-order valence-corrected chi connectivity index (χ4v) is 2.35. The van der Waals surface area contributed by atoms with Crippen molar-refractivity contribution >= 4 is 0 Å². The van der Waals surface area contributed by atoms with E-state index in [-0.39, 0.29) is 5.54 Å². The number of hydrogen-bond donors (Lipinski definition) is 1. The smallest absolute Gasteiger partial charge is 0.0547 e. The number of nitrogens with one attached hydrogen (secondary N) is 1. The fourth-order valence-electron chi connectivity index (χ4n) is 2.35. The van der Waals surface area contributed by atoms with E-state index in [1.807, 2.05) is 0 Å². The molecule has 0 saturated carbocycles. The summed E-state index contributed by atoms with van der Waals surface area (Å²) in [5, 5.41) is 3.50. The van der Waals surface area contributed by atoms with Crippen molar-refractivity contribution < 1.29 is 4.74 Å². The van der Waals surface area contributed by atoms with Crippen LogP contribution in [0.3, 0.4) is 0 Å². The van der Waals surface area contributed by atoms with Gasteiger partial charge in [0.2, 0.25) is 0 Å². The van der Waals surface area contributed by atoms with Crippen molar-refractivity contribution in [2.24, 2.45) is 5.41 Å². The lowest BCUT2D eigenvalue weighted by atomic mass is 9.84. The molecule has 3 heteroatoms. The van der Waals surface area contributed by atoms with Gasteiger partial charge in [-0.05, 0) is 40.3 Å². The minimum absolute atomic E-state index is 0.280. The Morgan fingerprint density at radius 3 is 2.53 bits per heavy atom. The maximum absolute atomic E-state index is 5.64. The van der Waals surface area contributed by atoms with Crippen molar-refractivity contribution in [2.45, 2.75) is 46.1 Å². The maximum Gasteiger partial charge on any atom is 0.0547 e. The Morgan fingerprint density at radius 2 is 2.06 bits per heavy atom. The van der Waals surface area contributed by atoms with Crippen LogP contribution < -0.4 is 5.32 Å². The lowest BCUT2D eigenvalue weighted by Gasteiger charge is -2.41. The highest BCUT2D eigenvalue weighted by Crippen LogP contribution is 2.31. The van der Waals surface area contributed by atoms with Crippen molar-refractivity contribution in [3.8, 4) is 0 Å². The van der Waals surface area contributed by atoms with Gasteiger partial charge < -0.3 is 15.0 Å². The molecule has 1 unspecified atom stereocenters. The van der Waals surface area contributed by atoms with Crippen LogP contribution in [-0.2, 0) is 4.74 Å². The first-order valence-electron chi connectivity index (χ1n) is 6.95. The highest BCUT2D eigenvalue weighted by molar-refractivity contribution is 4.91. The summed E-state index contributed by atoms with van der Waals surface area (Å²) >= 11 is 0. The third kappa shape index (κ3) is 3.94. The molecular formula is C14H30N2O. The van der Waals surface area contributed by atoms with E-state index < -0.39 is 0 Å². The van der Waals surface area contributed by atoms with Crippen LogP contribution >= 0.6 is 0 Å². The molecule has 1 saturated heterocycles. The molecule has 0 spiro atoms. The van der Waals surface area contributed by atoms with Crippen molar-refractivity contribution in [3.05, 3.63) is 0 Å². The van der Waals surface area contributed by atoms with Crippen molar-refractivity contribution in [1.29, 1.82) is 0 Å². The summed E-state index contributed by atoms with van der Waals surface area (Å²) in [5.74, 6) is 0. The van der Waals surface area contributed by atoms with Crippen LogP contribution in [-0.4, -0.2) is 50.3 Å². The lowest BCUT2D eigenvalue weighted by molar-refractivity contribution is 0.0675. The average molecular weight is 242 g/mol. The molecular weight excluding hydrogens is 212 g/mol. The van der Waals surface area contributed by atoms with E-state index in [9.17, 15) is 0 Å². The SMILES string of the molecule is CCNCC1(CN(C)C(C)(C)CC)CCOC1. The van der Waals surface area contributed by atoms with Gasteiger partial charge in [-0.3, -0.25) is 0 Å². The molecule has 0 aromatic heterocycles. The molecule has 0 aromatic carbocycles. The van der Waals surface area contributed by atoms with E-state index in [0.717, 1.165) is 32.8 Å². The van der Waals surface area contributed by atoms with Gasteiger partial charge in [0, 0.05) is 30.7 Å². The van der Waals surface area contributed by atoms with Gasteiger partial charge in [0.15, 0.2) is 0 Å². The second-order valence-corrected chi connectivity index (χ2v) is 6.10. The largest absolute Gasteiger partial charge is 0.381 e. The molecule has 1 heterocycles. The highest BCUT2D eigenvalue weighted by Gasteiger charge is 2.38. The number of nitrogens with zero attached hydrogens (tertiary/aromatic N) is 1.